The maximum atomic E-state index is 10.1. The number of anilines is 2. The Kier molecular flexibility index (Phi) is 5.27. The standard InChI is InChI=1S/C21H29N5O/c1-24(2)21-22-19-15-25(13-16-7-4-3-5-8-16)12-10-18(19)20(23-21)26-11-6-9-17(27)14-26/h3-5,7-8,17,27H,6,9-15H2,1-2H3/t17-/m0/s1. The number of piperidine rings is 1. The van der Waals surface area contributed by atoms with Gasteiger partial charge in [-0.1, -0.05) is 30.3 Å². The number of hydrogen-bond acceptors (Lipinski definition) is 6. The molecule has 27 heavy (non-hydrogen) atoms. The van der Waals surface area contributed by atoms with Crippen molar-refractivity contribution in [3.63, 3.8) is 0 Å². The molecule has 1 atom stereocenters. The molecule has 2 aromatic rings. The smallest absolute Gasteiger partial charge is 0.227 e. The molecule has 1 aromatic heterocycles. The molecule has 0 amide bonds. The van der Waals surface area contributed by atoms with Crippen molar-refractivity contribution in [1.82, 2.24) is 14.9 Å². The quantitative estimate of drug-likeness (QED) is 0.893. The number of fused-ring (bicyclic) bond motifs is 1. The molecule has 1 saturated heterocycles. The summed E-state index contributed by atoms with van der Waals surface area (Å²) in [6.45, 7) is 4.43. The van der Waals surface area contributed by atoms with E-state index in [2.05, 4.69) is 40.1 Å². The second-order valence-corrected chi connectivity index (χ2v) is 7.86. The predicted octanol–water partition coefficient (Wildman–Crippen LogP) is 2.06. The van der Waals surface area contributed by atoms with Gasteiger partial charge in [0.25, 0.3) is 0 Å². The van der Waals surface area contributed by atoms with Crippen LogP contribution in [0.1, 0.15) is 29.7 Å². The summed E-state index contributed by atoms with van der Waals surface area (Å²) in [5.74, 6) is 1.78. The lowest BCUT2D eigenvalue weighted by atomic mass is 10.0. The lowest BCUT2D eigenvalue weighted by Gasteiger charge is -2.36. The third-order valence-corrected chi connectivity index (χ3v) is 5.46. The van der Waals surface area contributed by atoms with Crippen LogP contribution in [0.4, 0.5) is 11.8 Å². The molecule has 2 aliphatic rings. The highest BCUT2D eigenvalue weighted by atomic mass is 16.3. The van der Waals surface area contributed by atoms with Gasteiger partial charge in [0, 0.05) is 52.4 Å². The maximum Gasteiger partial charge on any atom is 0.227 e. The van der Waals surface area contributed by atoms with Crippen molar-refractivity contribution in [2.75, 3.05) is 43.5 Å². The Morgan fingerprint density at radius 2 is 1.96 bits per heavy atom. The zero-order valence-corrected chi connectivity index (χ0v) is 16.3. The van der Waals surface area contributed by atoms with Crippen molar-refractivity contribution < 1.29 is 5.11 Å². The van der Waals surface area contributed by atoms with Crippen LogP contribution >= 0.6 is 0 Å². The summed E-state index contributed by atoms with van der Waals surface area (Å²) in [7, 11) is 3.97. The molecule has 0 aliphatic carbocycles. The van der Waals surface area contributed by atoms with Gasteiger partial charge in [-0.3, -0.25) is 4.90 Å². The molecule has 2 aliphatic heterocycles. The van der Waals surface area contributed by atoms with Gasteiger partial charge in [-0.25, -0.2) is 4.98 Å². The fourth-order valence-electron chi connectivity index (χ4n) is 4.04. The Hall–Kier alpha value is -2.18. The average molecular weight is 367 g/mol. The molecule has 6 heteroatoms. The van der Waals surface area contributed by atoms with E-state index in [0.29, 0.717) is 6.54 Å². The van der Waals surface area contributed by atoms with E-state index in [1.807, 2.05) is 19.0 Å². The Labute approximate surface area is 161 Å². The van der Waals surface area contributed by atoms with Crippen molar-refractivity contribution >= 4 is 11.8 Å². The zero-order chi connectivity index (χ0) is 18.8. The molecule has 0 saturated carbocycles. The number of rotatable bonds is 4. The van der Waals surface area contributed by atoms with E-state index in [0.717, 1.165) is 62.9 Å². The van der Waals surface area contributed by atoms with Crippen molar-refractivity contribution in [1.29, 1.82) is 0 Å². The highest BCUT2D eigenvalue weighted by Crippen LogP contribution is 2.30. The highest BCUT2D eigenvalue weighted by Gasteiger charge is 2.28. The van der Waals surface area contributed by atoms with E-state index in [1.165, 1.54) is 11.1 Å². The van der Waals surface area contributed by atoms with Gasteiger partial charge in [0.15, 0.2) is 0 Å². The molecule has 4 rings (SSSR count). The lowest BCUT2D eigenvalue weighted by Crippen LogP contribution is -2.41. The summed E-state index contributed by atoms with van der Waals surface area (Å²) in [5.41, 5.74) is 3.73. The van der Waals surface area contributed by atoms with Crippen LogP contribution in [0.15, 0.2) is 30.3 Å². The normalized spacial score (nSPS) is 20.4. The van der Waals surface area contributed by atoms with E-state index in [9.17, 15) is 5.11 Å². The van der Waals surface area contributed by atoms with Crippen LogP contribution in [0, 0.1) is 0 Å². The Bertz CT molecular complexity index is 780. The molecule has 144 valence electrons. The first-order chi connectivity index (χ1) is 13.1. The summed E-state index contributed by atoms with van der Waals surface area (Å²) in [6, 6.07) is 10.6. The van der Waals surface area contributed by atoms with Crippen LogP contribution in [0.3, 0.4) is 0 Å². The van der Waals surface area contributed by atoms with E-state index in [4.69, 9.17) is 9.97 Å². The molecule has 1 aromatic carbocycles. The molecule has 3 heterocycles. The van der Waals surface area contributed by atoms with Crippen LogP contribution in [0.25, 0.3) is 0 Å². The minimum atomic E-state index is -0.259. The molecule has 1 N–H and O–H groups in total. The zero-order valence-electron chi connectivity index (χ0n) is 16.3. The van der Waals surface area contributed by atoms with Gasteiger partial charge in [-0.2, -0.15) is 4.98 Å². The fourth-order valence-corrected chi connectivity index (χ4v) is 4.04. The fraction of sp³-hybridized carbons (Fsp3) is 0.524. The van der Waals surface area contributed by atoms with E-state index in [-0.39, 0.29) is 6.10 Å². The van der Waals surface area contributed by atoms with E-state index >= 15 is 0 Å². The number of nitrogens with zero attached hydrogens (tertiary/aromatic N) is 5. The van der Waals surface area contributed by atoms with Crippen molar-refractivity contribution in [2.24, 2.45) is 0 Å². The van der Waals surface area contributed by atoms with Crippen molar-refractivity contribution in [3.8, 4) is 0 Å². The second kappa shape index (κ2) is 7.82. The first kappa shape index (κ1) is 18.2. The van der Waals surface area contributed by atoms with Crippen molar-refractivity contribution in [2.45, 2.75) is 38.5 Å². The lowest BCUT2D eigenvalue weighted by molar-refractivity contribution is 0.153. The molecular formula is C21H29N5O. The molecule has 0 bridgehead atoms. The second-order valence-electron chi connectivity index (χ2n) is 7.86. The molecule has 0 radical (unpaired) electrons. The van der Waals surface area contributed by atoms with Crippen LogP contribution in [0.2, 0.25) is 0 Å². The van der Waals surface area contributed by atoms with Gasteiger partial charge in [-0.05, 0) is 24.8 Å². The number of benzene rings is 1. The molecular weight excluding hydrogens is 338 g/mol. The largest absolute Gasteiger partial charge is 0.391 e. The van der Waals surface area contributed by atoms with Gasteiger partial charge in [0.05, 0.1) is 11.8 Å². The summed E-state index contributed by atoms with van der Waals surface area (Å²) in [6.07, 6.45) is 2.59. The first-order valence-electron chi connectivity index (χ1n) is 9.86. The third kappa shape index (κ3) is 4.06. The minimum absolute atomic E-state index is 0.259. The average Bonchev–Trinajstić information content (AvgIpc) is 2.67. The monoisotopic (exact) mass is 367 g/mol. The molecule has 0 spiro atoms. The predicted molar refractivity (Wildman–Crippen MR) is 108 cm³/mol. The first-order valence-corrected chi connectivity index (χ1v) is 9.86. The highest BCUT2D eigenvalue weighted by molar-refractivity contribution is 5.54. The van der Waals surface area contributed by atoms with Crippen LogP contribution in [0.5, 0.6) is 0 Å². The summed E-state index contributed by atoms with van der Waals surface area (Å²) >= 11 is 0. The summed E-state index contributed by atoms with van der Waals surface area (Å²) < 4.78 is 0. The molecule has 1 fully saturated rings. The Morgan fingerprint density at radius 1 is 1.15 bits per heavy atom. The molecule has 0 unspecified atom stereocenters. The van der Waals surface area contributed by atoms with Crippen LogP contribution in [-0.2, 0) is 19.5 Å². The number of hydrogen-bond donors (Lipinski definition) is 1. The van der Waals surface area contributed by atoms with Crippen molar-refractivity contribution in [3.05, 3.63) is 47.2 Å². The number of aliphatic hydroxyl groups is 1. The van der Waals surface area contributed by atoms with Gasteiger partial charge in [0.1, 0.15) is 5.82 Å². The third-order valence-electron chi connectivity index (χ3n) is 5.46. The Morgan fingerprint density at radius 3 is 2.70 bits per heavy atom. The maximum absolute atomic E-state index is 10.1. The SMILES string of the molecule is CN(C)c1nc2c(c(N3CCC[C@H](O)C3)n1)CCN(Cc1ccccc1)C2. The topological polar surface area (TPSA) is 55.7 Å². The van der Waals surface area contributed by atoms with E-state index in [1.54, 1.807) is 0 Å². The summed E-state index contributed by atoms with van der Waals surface area (Å²) in [5, 5.41) is 10.1. The number of aromatic nitrogens is 2. The summed E-state index contributed by atoms with van der Waals surface area (Å²) in [4.78, 5) is 16.4. The Balaban J connectivity index is 1.62. The van der Waals surface area contributed by atoms with Crippen LogP contribution < -0.4 is 9.80 Å². The molecule has 6 nitrogen and oxygen atoms in total. The van der Waals surface area contributed by atoms with Gasteiger partial charge >= 0.3 is 0 Å². The number of β-amino-alcohol motifs (C(OH)–C–C–N with tert-alkyl or cyclic N) is 1. The van der Waals surface area contributed by atoms with Gasteiger partial charge in [-0.15, -0.1) is 0 Å². The van der Waals surface area contributed by atoms with Crippen LogP contribution in [-0.4, -0.2) is 59.8 Å². The van der Waals surface area contributed by atoms with E-state index < -0.39 is 0 Å². The minimum Gasteiger partial charge on any atom is -0.391 e. The van der Waals surface area contributed by atoms with Gasteiger partial charge in [0.2, 0.25) is 5.95 Å². The van der Waals surface area contributed by atoms with Gasteiger partial charge < -0.3 is 14.9 Å². The number of aliphatic hydroxyl groups excluding tert-OH is 1.